The van der Waals surface area contributed by atoms with E-state index >= 15 is 0 Å². The second kappa shape index (κ2) is 7.43. The number of aromatic amines is 1. The average Bonchev–Trinajstić information content (AvgIpc) is 2.99. The van der Waals surface area contributed by atoms with Crippen molar-refractivity contribution in [1.29, 1.82) is 0 Å². The lowest BCUT2D eigenvalue weighted by Crippen LogP contribution is -2.12. The highest BCUT2D eigenvalue weighted by Gasteiger charge is 2.19. The molecule has 3 rings (SSSR count). The van der Waals surface area contributed by atoms with E-state index in [1.807, 2.05) is 0 Å². The van der Waals surface area contributed by atoms with Gasteiger partial charge in [-0.15, -0.1) is 0 Å². The van der Waals surface area contributed by atoms with Gasteiger partial charge in [-0.3, -0.25) is 10.3 Å². The van der Waals surface area contributed by atoms with Crippen LogP contribution >= 0.6 is 0 Å². The Morgan fingerprint density at radius 3 is 3.08 bits per heavy atom. The van der Waals surface area contributed by atoms with E-state index in [1.165, 1.54) is 7.11 Å². The van der Waals surface area contributed by atoms with Crippen LogP contribution in [0.25, 0.3) is 11.3 Å². The van der Waals surface area contributed by atoms with Crippen molar-refractivity contribution in [2.45, 2.75) is 31.7 Å². The minimum Gasteiger partial charge on any atom is -0.453 e. The zero-order valence-corrected chi connectivity index (χ0v) is 13.9. The van der Waals surface area contributed by atoms with Crippen LogP contribution < -0.4 is 11.1 Å². The Bertz CT molecular complexity index is 802. The third kappa shape index (κ3) is 3.85. The number of aromatic nitrogens is 2. The first kappa shape index (κ1) is 17.1. The molecule has 2 bridgehead atoms. The van der Waals surface area contributed by atoms with E-state index in [2.05, 4.69) is 25.0 Å². The van der Waals surface area contributed by atoms with Crippen LogP contribution in [0.5, 0.6) is 0 Å². The maximum Gasteiger partial charge on any atom is 0.411 e. The Morgan fingerprint density at radius 2 is 2.28 bits per heavy atom. The molecule has 132 valence electrons. The van der Waals surface area contributed by atoms with Crippen LogP contribution in [0, 0.1) is 5.95 Å². The molecule has 0 radical (unpaired) electrons. The number of imidazole rings is 1. The van der Waals surface area contributed by atoms with E-state index in [0.717, 1.165) is 25.7 Å². The van der Waals surface area contributed by atoms with Crippen molar-refractivity contribution < 1.29 is 13.9 Å². The summed E-state index contributed by atoms with van der Waals surface area (Å²) in [6, 6.07) is 4.63. The average molecular weight is 345 g/mol. The minimum atomic E-state index is -0.587. The summed E-state index contributed by atoms with van der Waals surface area (Å²) < 4.78 is 19.0. The van der Waals surface area contributed by atoms with Crippen molar-refractivity contribution >= 4 is 23.7 Å². The molecule has 1 aliphatic heterocycles. The number of hydrogen-bond donors (Lipinski definition) is 3. The second-order valence-corrected chi connectivity index (χ2v) is 5.84. The van der Waals surface area contributed by atoms with Crippen molar-refractivity contribution in [2.75, 3.05) is 12.4 Å². The smallest absolute Gasteiger partial charge is 0.411 e. The van der Waals surface area contributed by atoms with Crippen LogP contribution in [0.1, 0.15) is 37.5 Å². The highest BCUT2D eigenvalue weighted by atomic mass is 19.1. The van der Waals surface area contributed by atoms with Gasteiger partial charge in [0, 0.05) is 17.5 Å². The van der Waals surface area contributed by atoms with Gasteiger partial charge < -0.3 is 15.5 Å². The molecule has 7 nitrogen and oxygen atoms in total. The fourth-order valence-electron chi connectivity index (χ4n) is 2.71. The number of H-pyrrole nitrogens is 1. The summed E-state index contributed by atoms with van der Waals surface area (Å²) in [7, 11) is 1.28. The molecule has 1 aromatic heterocycles. The number of benzene rings is 1. The number of methoxy groups -OCH3 is 1. The molecule has 1 unspecified atom stereocenters. The number of hydrogen-bond acceptors (Lipinski definition) is 5. The molecular weight excluding hydrogens is 325 g/mol. The number of nitrogens with two attached hydrogens (primary N) is 1. The Kier molecular flexibility index (Phi) is 5.08. The number of fused-ring (bicyclic) bond motifs is 4. The number of aliphatic imine (C=N–C) groups is 1. The topological polar surface area (TPSA) is 105 Å². The number of carbonyl (C=O) groups excluding carboxylic acids is 1. The number of amides is 1. The number of nitrogens with zero attached hydrogens (tertiary/aromatic N) is 2. The van der Waals surface area contributed by atoms with Gasteiger partial charge in [-0.1, -0.05) is 6.42 Å². The Labute approximate surface area is 144 Å². The van der Waals surface area contributed by atoms with Crippen LogP contribution in [0.2, 0.25) is 0 Å². The first-order valence-electron chi connectivity index (χ1n) is 8.11. The fourth-order valence-corrected chi connectivity index (χ4v) is 2.71. The summed E-state index contributed by atoms with van der Waals surface area (Å²) in [5, 5.41) is 2.57. The molecule has 4 N–H and O–H groups in total. The Hall–Kier alpha value is -2.74. The van der Waals surface area contributed by atoms with Crippen LogP contribution in [-0.2, 0) is 4.74 Å². The van der Waals surface area contributed by atoms with Gasteiger partial charge in [0.25, 0.3) is 0 Å². The van der Waals surface area contributed by atoms with E-state index in [0.29, 0.717) is 22.8 Å². The van der Waals surface area contributed by atoms with Gasteiger partial charge in [-0.05, 0) is 37.5 Å². The molecule has 1 aliphatic rings. The third-order valence-corrected chi connectivity index (χ3v) is 4.04. The lowest BCUT2D eigenvalue weighted by Gasteiger charge is -2.10. The fraction of sp³-hybridized carbons (Fsp3) is 0.353. The van der Waals surface area contributed by atoms with Gasteiger partial charge in [-0.25, -0.2) is 9.78 Å². The van der Waals surface area contributed by atoms with Crippen molar-refractivity contribution in [1.82, 2.24) is 9.97 Å². The van der Waals surface area contributed by atoms with Crippen molar-refractivity contribution in [3.63, 3.8) is 0 Å². The predicted molar refractivity (Wildman–Crippen MR) is 93.6 cm³/mol. The molecule has 2 aromatic rings. The number of ether oxygens (including phenoxy) is 1. The molecule has 0 spiro atoms. The number of carbonyl (C=O) groups is 1. The lowest BCUT2D eigenvalue weighted by atomic mass is 10.1. The van der Waals surface area contributed by atoms with E-state index in [-0.39, 0.29) is 11.7 Å². The quantitative estimate of drug-likeness (QED) is 0.733. The van der Waals surface area contributed by atoms with Crippen LogP contribution in [0.3, 0.4) is 0 Å². The van der Waals surface area contributed by atoms with Crippen LogP contribution in [-0.4, -0.2) is 29.4 Å². The maximum atomic E-state index is 14.4. The van der Waals surface area contributed by atoms with Crippen molar-refractivity contribution in [2.24, 2.45) is 10.7 Å². The molecule has 2 heterocycles. The normalized spacial score (nSPS) is 17.2. The van der Waals surface area contributed by atoms with Gasteiger partial charge in [0.05, 0.1) is 18.8 Å². The number of anilines is 1. The summed E-state index contributed by atoms with van der Waals surface area (Å²) in [6.07, 6.45) is 4.57. The number of halogens is 1. The summed E-state index contributed by atoms with van der Waals surface area (Å²) >= 11 is 0. The largest absolute Gasteiger partial charge is 0.453 e. The molecular formula is C17H20FN5O2. The SMILES string of the molecule is COC(=O)Nc1ccc2c(c1)N=CCCCCC(N)c1nc-2c(F)[nH]1. The zero-order chi connectivity index (χ0) is 17.8. The molecule has 0 saturated heterocycles. The van der Waals surface area contributed by atoms with Crippen molar-refractivity contribution in [3.8, 4) is 11.3 Å². The van der Waals surface area contributed by atoms with Crippen LogP contribution in [0.4, 0.5) is 20.6 Å². The highest BCUT2D eigenvalue weighted by Crippen LogP contribution is 2.34. The first-order chi connectivity index (χ1) is 12.1. The monoisotopic (exact) mass is 345 g/mol. The Balaban J connectivity index is 2.06. The third-order valence-electron chi connectivity index (χ3n) is 4.04. The van der Waals surface area contributed by atoms with Gasteiger partial charge in [0.15, 0.2) is 0 Å². The summed E-state index contributed by atoms with van der Waals surface area (Å²) in [4.78, 5) is 22.8. The maximum absolute atomic E-state index is 14.4. The van der Waals surface area contributed by atoms with Gasteiger partial charge >= 0.3 is 6.09 Å². The molecule has 0 saturated carbocycles. The molecule has 0 fully saturated rings. The van der Waals surface area contributed by atoms with E-state index in [9.17, 15) is 9.18 Å². The molecule has 25 heavy (non-hydrogen) atoms. The molecule has 1 atom stereocenters. The van der Waals surface area contributed by atoms with Crippen LogP contribution in [0.15, 0.2) is 23.2 Å². The molecule has 1 amide bonds. The summed E-state index contributed by atoms with van der Waals surface area (Å²) in [5.41, 5.74) is 7.80. The van der Waals surface area contributed by atoms with Crippen molar-refractivity contribution in [3.05, 3.63) is 30.0 Å². The second-order valence-electron chi connectivity index (χ2n) is 5.84. The zero-order valence-electron chi connectivity index (χ0n) is 13.9. The van der Waals surface area contributed by atoms with E-state index in [4.69, 9.17) is 5.73 Å². The predicted octanol–water partition coefficient (Wildman–Crippen LogP) is 3.67. The standard InChI is InChI=1S/C17H20FN5O2/c1-25-17(24)21-10-6-7-11-13(9-10)20-8-4-2-3-5-12(19)16-22-14(11)15(18)23-16/h6-9,12H,2-5,19H2,1H3,(H,21,24)(H,22,23). The number of rotatable bonds is 1. The van der Waals surface area contributed by atoms with E-state index in [1.54, 1.807) is 24.4 Å². The molecule has 1 aromatic carbocycles. The number of nitrogens with one attached hydrogen (secondary N) is 2. The van der Waals surface area contributed by atoms with Gasteiger partial charge in [0.2, 0.25) is 5.95 Å². The van der Waals surface area contributed by atoms with Gasteiger partial charge in [-0.2, -0.15) is 4.39 Å². The minimum absolute atomic E-state index is 0.169. The first-order valence-corrected chi connectivity index (χ1v) is 8.11. The summed E-state index contributed by atoms with van der Waals surface area (Å²) in [6.45, 7) is 0. The van der Waals surface area contributed by atoms with E-state index < -0.39 is 12.0 Å². The molecule has 8 heteroatoms. The highest BCUT2D eigenvalue weighted by molar-refractivity contribution is 5.88. The lowest BCUT2D eigenvalue weighted by molar-refractivity contribution is 0.187. The summed E-state index contributed by atoms with van der Waals surface area (Å²) in [5.74, 6) is -0.116. The van der Waals surface area contributed by atoms with Gasteiger partial charge in [0.1, 0.15) is 11.5 Å². The molecule has 0 aliphatic carbocycles. The Morgan fingerprint density at radius 1 is 1.44 bits per heavy atom.